The zero-order chi connectivity index (χ0) is 15.0. The summed E-state index contributed by atoms with van der Waals surface area (Å²) in [5, 5.41) is 1.90. The van der Waals surface area contributed by atoms with Gasteiger partial charge in [0.2, 0.25) is 5.82 Å². The summed E-state index contributed by atoms with van der Waals surface area (Å²) >= 11 is 0. The lowest BCUT2D eigenvalue weighted by Crippen LogP contribution is -2.08. The van der Waals surface area contributed by atoms with Crippen LogP contribution in [0.1, 0.15) is 0 Å². The summed E-state index contributed by atoms with van der Waals surface area (Å²) in [6.45, 7) is 0. The molecule has 0 bridgehead atoms. The highest BCUT2D eigenvalue weighted by molar-refractivity contribution is 5.73. The molecule has 2 rings (SSSR count). The molecule has 0 aliphatic carbocycles. The summed E-state index contributed by atoms with van der Waals surface area (Å²) < 4.78 is 78.6. The van der Waals surface area contributed by atoms with Gasteiger partial charge in [-0.1, -0.05) is 0 Å². The van der Waals surface area contributed by atoms with Crippen molar-refractivity contribution in [3.05, 3.63) is 53.1 Å². The van der Waals surface area contributed by atoms with Gasteiger partial charge in [-0.2, -0.15) is 0 Å². The van der Waals surface area contributed by atoms with Crippen molar-refractivity contribution in [1.29, 1.82) is 0 Å². The maximum Gasteiger partial charge on any atom is 0.200 e. The largest absolute Gasteiger partial charge is 0.397 e. The Morgan fingerprint density at radius 1 is 0.750 bits per heavy atom. The van der Waals surface area contributed by atoms with E-state index in [2.05, 4.69) is 0 Å². The summed E-state index contributed by atoms with van der Waals surface area (Å²) in [5.74, 6) is -11.4. The van der Waals surface area contributed by atoms with Crippen LogP contribution in [0, 0.1) is 34.9 Å². The van der Waals surface area contributed by atoms with Crippen molar-refractivity contribution in [2.24, 2.45) is 0 Å². The summed E-state index contributed by atoms with van der Waals surface area (Å²) in [6.07, 6.45) is 0. The smallest absolute Gasteiger partial charge is 0.200 e. The number of hydrogen-bond donors (Lipinski definition) is 2. The number of halogens is 6. The number of rotatable bonds is 2. The molecule has 2 nitrogen and oxygen atoms in total. The summed E-state index contributed by atoms with van der Waals surface area (Å²) in [5.41, 5.74) is 3.65. The van der Waals surface area contributed by atoms with Gasteiger partial charge in [0.25, 0.3) is 0 Å². The molecule has 0 heterocycles. The van der Waals surface area contributed by atoms with E-state index in [1.165, 1.54) is 0 Å². The van der Waals surface area contributed by atoms with E-state index in [0.717, 1.165) is 18.2 Å². The van der Waals surface area contributed by atoms with Crippen LogP contribution in [-0.2, 0) is 0 Å². The zero-order valence-electron chi connectivity index (χ0n) is 9.58. The molecule has 3 N–H and O–H groups in total. The van der Waals surface area contributed by atoms with E-state index in [0.29, 0.717) is 0 Å². The van der Waals surface area contributed by atoms with Crippen LogP contribution >= 0.6 is 0 Å². The van der Waals surface area contributed by atoms with Crippen molar-refractivity contribution < 1.29 is 26.3 Å². The Labute approximate surface area is 108 Å². The van der Waals surface area contributed by atoms with E-state index in [1.54, 1.807) is 0 Å². The fourth-order valence-corrected chi connectivity index (χ4v) is 1.49. The van der Waals surface area contributed by atoms with Crippen LogP contribution in [0.15, 0.2) is 18.2 Å². The van der Waals surface area contributed by atoms with Crippen molar-refractivity contribution in [3.63, 3.8) is 0 Å². The molecule has 0 aliphatic heterocycles. The van der Waals surface area contributed by atoms with E-state index < -0.39 is 40.6 Å². The topological polar surface area (TPSA) is 38.0 Å². The highest BCUT2D eigenvalue weighted by Crippen LogP contribution is 2.31. The predicted octanol–water partition coefficient (Wildman–Crippen LogP) is 3.85. The van der Waals surface area contributed by atoms with Gasteiger partial charge in [0.05, 0.1) is 11.4 Å². The third kappa shape index (κ3) is 2.24. The number of nitrogens with one attached hydrogen (secondary N) is 1. The Balaban J connectivity index is 2.57. The fraction of sp³-hybridized carbons (Fsp3) is 0. The number of anilines is 3. The lowest BCUT2D eigenvalue weighted by molar-refractivity contribution is 0.382. The van der Waals surface area contributed by atoms with Crippen molar-refractivity contribution in [3.8, 4) is 0 Å². The Kier molecular flexibility index (Phi) is 3.47. The molecule has 20 heavy (non-hydrogen) atoms. The van der Waals surface area contributed by atoms with Crippen LogP contribution in [0.2, 0.25) is 0 Å². The molecular formula is C12H6F6N2. The second-order valence-corrected chi connectivity index (χ2v) is 3.80. The van der Waals surface area contributed by atoms with E-state index in [4.69, 9.17) is 5.73 Å². The first-order valence-corrected chi connectivity index (χ1v) is 5.16. The molecule has 106 valence electrons. The van der Waals surface area contributed by atoms with Crippen molar-refractivity contribution in [1.82, 2.24) is 0 Å². The average Bonchev–Trinajstić information content (AvgIpc) is 2.43. The minimum Gasteiger partial charge on any atom is -0.397 e. The van der Waals surface area contributed by atoms with Gasteiger partial charge in [-0.25, -0.2) is 26.3 Å². The number of nitrogens with two attached hydrogens (primary N) is 1. The second kappa shape index (κ2) is 4.95. The van der Waals surface area contributed by atoms with Gasteiger partial charge in [-0.15, -0.1) is 0 Å². The maximum atomic E-state index is 13.4. The molecule has 0 aromatic heterocycles. The number of nitrogen functional groups attached to an aromatic ring is 1. The molecule has 0 radical (unpaired) electrons. The summed E-state index contributed by atoms with van der Waals surface area (Å²) in [6, 6.07) is 2.80. The summed E-state index contributed by atoms with van der Waals surface area (Å²) in [7, 11) is 0. The highest BCUT2D eigenvalue weighted by Gasteiger charge is 2.26. The van der Waals surface area contributed by atoms with Crippen molar-refractivity contribution >= 4 is 17.1 Å². The SMILES string of the molecule is Nc1ccc(F)cc1Nc1c(F)c(F)c(F)c(F)c1F. The minimum atomic E-state index is -2.28. The molecule has 2 aromatic carbocycles. The Morgan fingerprint density at radius 3 is 1.80 bits per heavy atom. The summed E-state index contributed by atoms with van der Waals surface area (Å²) in [4.78, 5) is 0. The highest BCUT2D eigenvalue weighted by atomic mass is 19.2. The van der Waals surface area contributed by atoms with Gasteiger partial charge >= 0.3 is 0 Å². The molecule has 2 aromatic rings. The monoisotopic (exact) mass is 292 g/mol. The van der Waals surface area contributed by atoms with E-state index >= 15 is 0 Å². The van der Waals surface area contributed by atoms with Crippen molar-refractivity contribution in [2.45, 2.75) is 0 Å². The van der Waals surface area contributed by atoms with Crippen LogP contribution in [-0.4, -0.2) is 0 Å². The molecule has 8 heteroatoms. The Bertz CT molecular complexity index is 657. The molecule has 0 spiro atoms. The van der Waals surface area contributed by atoms with E-state index in [-0.39, 0.29) is 11.4 Å². The molecule has 0 aliphatic rings. The molecular weight excluding hydrogens is 286 g/mol. The Morgan fingerprint density at radius 2 is 1.25 bits per heavy atom. The first-order chi connectivity index (χ1) is 9.32. The number of hydrogen-bond acceptors (Lipinski definition) is 2. The normalized spacial score (nSPS) is 10.7. The molecule has 0 atom stereocenters. The van der Waals surface area contributed by atoms with Crippen LogP contribution in [0.4, 0.5) is 43.4 Å². The van der Waals surface area contributed by atoms with E-state index in [1.807, 2.05) is 5.32 Å². The van der Waals surface area contributed by atoms with Gasteiger partial charge in [-0.05, 0) is 18.2 Å². The first kappa shape index (κ1) is 14.0. The standard InChI is InChI=1S/C12H6F6N2/c13-4-1-2-5(19)6(3-4)20-12-10(17)8(15)7(14)9(16)11(12)18/h1-3,20H,19H2. The zero-order valence-corrected chi connectivity index (χ0v) is 9.58. The fourth-order valence-electron chi connectivity index (χ4n) is 1.49. The second-order valence-electron chi connectivity index (χ2n) is 3.80. The van der Waals surface area contributed by atoms with Crippen molar-refractivity contribution in [2.75, 3.05) is 11.1 Å². The van der Waals surface area contributed by atoms with Gasteiger partial charge in [0.15, 0.2) is 23.3 Å². The van der Waals surface area contributed by atoms with Crippen LogP contribution in [0.5, 0.6) is 0 Å². The van der Waals surface area contributed by atoms with Crippen LogP contribution in [0.3, 0.4) is 0 Å². The Hall–Kier alpha value is -2.38. The first-order valence-electron chi connectivity index (χ1n) is 5.16. The molecule has 0 saturated carbocycles. The lowest BCUT2D eigenvalue weighted by Gasteiger charge is -2.12. The third-order valence-corrected chi connectivity index (χ3v) is 2.48. The lowest BCUT2D eigenvalue weighted by atomic mass is 10.2. The molecule has 0 unspecified atom stereocenters. The molecule has 0 saturated heterocycles. The van der Waals surface area contributed by atoms with Gasteiger partial charge < -0.3 is 11.1 Å². The molecule has 0 amide bonds. The minimum absolute atomic E-state index is 0.129. The number of benzene rings is 2. The maximum absolute atomic E-state index is 13.4. The molecule has 0 fully saturated rings. The van der Waals surface area contributed by atoms with Gasteiger partial charge in [0.1, 0.15) is 11.5 Å². The van der Waals surface area contributed by atoms with Crippen LogP contribution in [0.25, 0.3) is 0 Å². The third-order valence-electron chi connectivity index (χ3n) is 2.48. The average molecular weight is 292 g/mol. The quantitative estimate of drug-likeness (QED) is 0.382. The van der Waals surface area contributed by atoms with Gasteiger partial charge in [-0.3, -0.25) is 0 Å². The predicted molar refractivity (Wildman–Crippen MR) is 60.3 cm³/mol. The van der Waals surface area contributed by atoms with Crippen LogP contribution < -0.4 is 11.1 Å². The van der Waals surface area contributed by atoms with E-state index in [9.17, 15) is 26.3 Å². The van der Waals surface area contributed by atoms with Gasteiger partial charge in [0, 0.05) is 0 Å².